The number of carbonyl (C=O) groups is 4. The van der Waals surface area contributed by atoms with E-state index >= 15 is 0 Å². The molecule has 162 valence electrons. The van der Waals surface area contributed by atoms with Crippen LogP contribution < -0.4 is 0 Å². The largest absolute Gasteiger partial charge is 0.480 e. The average Bonchev–Trinajstić information content (AvgIpc) is 2.62. The van der Waals surface area contributed by atoms with Gasteiger partial charge in [-0.3, -0.25) is 19.2 Å². The minimum atomic E-state index is -1.13. The molecule has 0 aliphatic carbocycles. The molecular weight excluding hydrogens is 400 g/mol. The zero-order valence-corrected chi connectivity index (χ0v) is 15.9. The predicted molar refractivity (Wildman–Crippen MR) is 102 cm³/mol. The van der Waals surface area contributed by atoms with Gasteiger partial charge in [0.15, 0.2) is 0 Å². The van der Waals surface area contributed by atoms with Gasteiger partial charge in [-0.1, -0.05) is 0 Å². The highest BCUT2D eigenvalue weighted by Crippen LogP contribution is 2.23. The summed E-state index contributed by atoms with van der Waals surface area (Å²) in [5.74, 6) is -4.43. The fraction of sp³-hybridized carbons (Fsp3) is 0.333. The number of hydrogen-bond donors (Lipinski definition) is 4. The molecule has 12 heteroatoms. The van der Waals surface area contributed by atoms with E-state index in [-0.39, 0.29) is 26.2 Å². The summed E-state index contributed by atoms with van der Waals surface area (Å²) in [6, 6.07) is 0. The van der Waals surface area contributed by atoms with E-state index in [4.69, 9.17) is 10.2 Å². The topological polar surface area (TPSA) is 162 Å². The molecule has 0 bridgehead atoms. The quantitative estimate of drug-likeness (QED) is 0.388. The zero-order valence-electron chi connectivity index (χ0n) is 15.9. The van der Waals surface area contributed by atoms with Crippen molar-refractivity contribution in [2.24, 2.45) is 0 Å². The molecule has 2 aliphatic heterocycles. The molecule has 0 saturated heterocycles. The van der Waals surface area contributed by atoms with Crippen LogP contribution in [-0.4, -0.2) is 103 Å². The van der Waals surface area contributed by atoms with Gasteiger partial charge in [-0.15, -0.1) is 0 Å². The first-order chi connectivity index (χ1) is 14.2. The van der Waals surface area contributed by atoms with Crippen LogP contribution in [0.15, 0.2) is 48.3 Å². The summed E-state index contributed by atoms with van der Waals surface area (Å²) in [6.45, 7) is -1.04. The van der Waals surface area contributed by atoms with Gasteiger partial charge >= 0.3 is 23.9 Å². The van der Waals surface area contributed by atoms with Crippen LogP contribution in [0.5, 0.6) is 0 Å². The Morgan fingerprint density at radius 3 is 1.23 bits per heavy atom. The van der Waals surface area contributed by atoms with E-state index < -0.39 is 37.0 Å². The molecule has 0 unspecified atom stereocenters. The highest BCUT2D eigenvalue weighted by molar-refractivity contribution is 5.71. The molecule has 0 spiro atoms. The summed E-state index contributed by atoms with van der Waals surface area (Å²) in [4.78, 5) is 50.5. The number of carboxylic acids is 4. The first kappa shape index (κ1) is 22.3. The molecule has 2 heterocycles. The summed E-state index contributed by atoms with van der Waals surface area (Å²) < 4.78 is 0. The minimum absolute atomic E-state index is 0.240. The van der Waals surface area contributed by atoms with Crippen LogP contribution in [0.1, 0.15) is 0 Å². The van der Waals surface area contributed by atoms with Crippen molar-refractivity contribution in [3.8, 4) is 0 Å². The molecule has 0 radical (unpaired) electrons. The van der Waals surface area contributed by atoms with Crippen molar-refractivity contribution in [3.05, 3.63) is 48.3 Å². The summed E-state index contributed by atoms with van der Waals surface area (Å²) >= 11 is 0. The number of aliphatic carboxylic acids is 4. The SMILES string of the molecule is O=C(O)CN1C=CC2=C(C=CN(CC(=O)O)C=C1)N(CC(=O)O)CCN2CC(=O)O. The molecular formula is C18H22N4O8. The van der Waals surface area contributed by atoms with Crippen LogP contribution in [-0.2, 0) is 19.2 Å². The predicted octanol–water partition coefficient (Wildman–Crippen LogP) is -0.730. The summed E-state index contributed by atoms with van der Waals surface area (Å²) in [7, 11) is 0. The Hall–Kier alpha value is -3.96. The highest BCUT2D eigenvalue weighted by atomic mass is 16.4. The minimum Gasteiger partial charge on any atom is -0.480 e. The van der Waals surface area contributed by atoms with Crippen molar-refractivity contribution >= 4 is 23.9 Å². The number of nitrogens with zero attached hydrogens (tertiary/aromatic N) is 4. The van der Waals surface area contributed by atoms with E-state index in [1.807, 2.05) is 0 Å². The number of allylic oxidation sites excluding steroid dienone is 2. The molecule has 0 aromatic heterocycles. The Balaban J connectivity index is 2.56. The average molecular weight is 422 g/mol. The van der Waals surface area contributed by atoms with E-state index in [1.165, 1.54) is 56.6 Å². The van der Waals surface area contributed by atoms with Crippen LogP contribution >= 0.6 is 0 Å². The Bertz CT molecular complexity index is 766. The van der Waals surface area contributed by atoms with Crippen molar-refractivity contribution in [3.63, 3.8) is 0 Å². The third kappa shape index (κ3) is 6.58. The van der Waals surface area contributed by atoms with E-state index in [0.29, 0.717) is 11.4 Å². The van der Waals surface area contributed by atoms with E-state index in [1.54, 1.807) is 0 Å². The molecule has 12 nitrogen and oxygen atoms in total. The summed E-state index contributed by atoms with van der Waals surface area (Å²) in [5.41, 5.74) is 0.754. The second kappa shape index (κ2) is 10.0. The first-order valence-electron chi connectivity index (χ1n) is 8.83. The molecule has 0 aromatic carbocycles. The fourth-order valence-electron chi connectivity index (χ4n) is 2.97. The van der Waals surface area contributed by atoms with Crippen LogP contribution in [0.4, 0.5) is 0 Å². The van der Waals surface area contributed by atoms with Crippen molar-refractivity contribution in [1.82, 2.24) is 19.6 Å². The second-order valence-electron chi connectivity index (χ2n) is 6.46. The van der Waals surface area contributed by atoms with E-state index in [9.17, 15) is 29.4 Å². The molecule has 2 aliphatic rings. The molecule has 0 amide bonds. The zero-order chi connectivity index (χ0) is 22.3. The fourth-order valence-corrected chi connectivity index (χ4v) is 2.97. The van der Waals surface area contributed by atoms with Gasteiger partial charge in [0.25, 0.3) is 0 Å². The smallest absolute Gasteiger partial charge is 0.323 e. The third-order valence-electron chi connectivity index (χ3n) is 4.17. The van der Waals surface area contributed by atoms with Gasteiger partial charge in [0.2, 0.25) is 0 Å². The molecule has 30 heavy (non-hydrogen) atoms. The third-order valence-corrected chi connectivity index (χ3v) is 4.17. The maximum absolute atomic E-state index is 11.3. The lowest BCUT2D eigenvalue weighted by molar-refractivity contribution is -0.140. The Labute approximate surface area is 171 Å². The van der Waals surface area contributed by atoms with E-state index in [0.717, 1.165) is 0 Å². The lowest BCUT2D eigenvalue weighted by atomic mass is 10.1. The van der Waals surface area contributed by atoms with Gasteiger partial charge in [0.05, 0.1) is 11.4 Å². The van der Waals surface area contributed by atoms with Gasteiger partial charge in [-0.05, 0) is 12.2 Å². The van der Waals surface area contributed by atoms with Crippen molar-refractivity contribution in [2.75, 3.05) is 39.3 Å². The Kier molecular flexibility index (Phi) is 7.44. The van der Waals surface area contributed by atoms with Gasteiger partial charge < -0.3 is 40.0 Å². The normalized spacial score (nSPS) is 16.5. The number of hydrogen-bond acceptors (Lipinski definition) is 8. The molecule has 0 aromatic rings. The maximum Gasteiger partial charge on any atom is 0.323 e. The Morgan fingerprint density at radius 1 is 0.600 bits per heavy atom. The van der Waals surface area contributed by atoms with Gasteiger partial charge in [-0.25, -0.2) is 0 Å². The van der Waals surface area contributed by atoms with Crippen LogP contribution in [0.2, 0.25) is 0 Å². The summed E-state index contributed by atoms with van der Waals surface area (Å²) in [6.07, 6.45) is 8.60. The van der Waals surface area contributed by atoms with Crippen LogP contribution in [0.3, 0.4) is 0 Å². The monoisotopic (exact) mass is 422 g/mol. The summed E-state index contributed by atoms with van der Waals surface area (Å²) in [5, 5.41) is 36.6. The van der Waals surface area contributed by atoms with Gasteiger partial charge in [0, 0.05) is 37.9 Å². The van der Waals surface area contributed by atoms with Gasteiger partial charge in [-0.2, -0.15) is 0 Å². The first-order valence-corrected chi connectivity index (χ1v) is 8.83. The lowest BCUT2D eigenvalue weighted by Crippen LogP contribution is -2.45. The standard InChI is InChI=1S/C18H22N4O8/c23-15(24)9-19-3-1-13-14(2-4-20(6-5-19)10-16(25)26)22(12-18(29)30)8-7-21(13)11-17(27)28/h1-6H,7-12H2,(H,23,24)(H,25,26)(H,27,28)(H,29,30). The maximum atomic E-state index is 11.3. The number of carboxylic acid groups (broad SMARTS) is 4. The van der Waals surface area contributed by atoms with Crippen LogP contribution in [0.25, 0.3) is 0 Å². The van der Waals surface area contributed by atoms with Crippen molar-refractivity contribution < 1.29 is 39.6 Å². The molecule has 0 fully saturated rings. The lowest BCUT2D eigenvalue weighted by Gasteiger charge is -2.38. The molecule has 2 rings (SSSR count). The highest BCUT2D eigenvalue weighted by Gasteiger charge is 2.26. The molecule has 4 N–H and O–H groups in total. The van der Waals surface area contributed by atoms with E-state index in [2.05, 4.69) is 0 Å². The van der Waals surface area contributed by atoms with Crippen molar-refractivity contribution in [1.29, 1.82) is 0 Å². The Morgan fingerprint density at radius 2 is 0.933 bits per heavy atom. The molecule has 0 saturated carbocycles. The van der Waals surface area contributed by atoms with Crippen LogP contribution in [0, 0.1) is 0 Å². The van der Waals surface area contributed by atoms with Gasteiger partial charge in [0.1, 0.15) is 26.2 Å². The van der Waals surface area contributed by atoms with Crippen molar-refractivity contribution in [2.45, 2.75) is 0 Å². The number of rotatable bonds is 8. The second-order valence-corrected chi connectivity index (χ2v) is 6.46. The molecule has 0 atom stereocenters.